The number of pyridine rings is 1. The third kappa shape index (κ3) is 4.43. The molecule has 4 nitrogen and oxygen atoms in total. The first-order valence-electron chi connectivity index (χ1n) is 7.47. The minimum atomic E-state index is -0.393. The fraction of sp³-hybridized carbons (Fsp3) is 0.111. The molecule has 0 bridgehead atoms. The molecule has 0 aliphatic rings. The topological polar surface area (TPSA) is 51.1 Å². The van der Waals surface area contributed by atoms with Crippen LogP contribution in [0.15, 0.2) is 69.4 Å². The Balaban J connectivity index is 1.83. The summed E-state index contributed by atoms with van der Waals surface area (Å²) >= 11 is 4.79. The van der Waals surface area contributed by atoms with Gasteiger partial charge in [-0.3, -0.25) is 9.59 Å². The van der Waals surface area contributed by atoms with Crippen LogP contribution in [0.4, 0.5) is 4.39 Å². The van der Waals surface area contributed by atoms with Gasteiger partial charge in [-0.2, -0.15) is 0 Å². The summed E-state index contributed by atoms with van der Waals surface area (Å²) in [4.78, 5) is 25.2. The van der Waals surface area contributed by atoms with Crippen molar-refractivity contribution in [1.29, 1.82) is 0 Å². The monoisotopic (exact) mass is 420 g/mol. The van der Waals surface area contributed by atoms with E-state index in [1.54, 1.807) is 24.4 Å². The number of benzene rings is 1. The van der Waals surface area contributed by atoms with Gasteiger partial charge in [-0.1, -0.05) is 18.2 Å². The highest BCUT2D eigenvalue weighted by molar-refractivity contribution is 9.10. The molecule has 3 rings (SSSR count). The Morgan fingerprint density at radius 2 is 1.96 bits per heavy atom. The van der Waals surface area contributed by atoms with Crippen molar-refractivity contribution in [2.75, 3.05) is 0 Å². The molecule has 25 heavy (non-hydrogen) atoms. The van der Waals surface area contributed by atoms with Gasteiger partial charge < -0.3 is 9.88 Å². The molecule has 1 aromatic carbocycles. The Kier molecular flexibility index (Phi) is 5.45. The largest absolute Gasteiger partial charge is 0.343 e. The number of thiophene rings is 1. The van der Waals surface area contributed by atoms with Gasteiger partial charge in [0.2, 0.25) is 5.91 Å². The van der Waals surface area contributed by atoms with Crippen LogP contribution in [0.1, 0.15) is 16.5 Å². The lowest BCUT2D eigenvalue weighted by molar-refractivity contribution is -0.122. The molecular formula is C18H14BrFN2O2S. The highest BCUT2D eigenvalue weighted by atomic mass is 79.9. The van der Waals surface area contributed by atoms with Gasteiger partial charge in [-0.25, -0.2) is 4.39 Å². The zero-order valence-corrected chi connectivity index (χ0v) is 15.4. The van der Waals surface area contributed by atoms with E-state index in [1.165, 1.54) is 34.1 Å². The minimum absolute atomic E-state index is 0.0959. The number of nitrogens with one attached hydrogen (secondary N) is 1. The van der Waals surface area contributed by atoms with Crippen LogP contribution in [0.2, 0.25) is 0 Å². The van der Waals surface area contributed by atoms with Crippen molar-refractivity contribution in [3.8, 4) is 0 Å². The van der Waals surface area contributed by atoms with Gasteiger partial charge in [0.05, 0.1) is 6.04 Å². The minimum Gasteiger partial charge on any atom is -0.343 e. The van der Waals surface area contributed by atoms with Crippen LogP contribution in [0.3, 0.4) is 0 Å². The summed E-state index contributed by atoms with van der Waals surface area (Å²) in [5.74, 6) is -0.636. The molecule has 128 valence electrons. The second kappa shape index (κ2) is 7.76. The summed E-state index contributed by atoms with van der Waals surface area (Å²) in [6.45, 7) is -0.0959. The molecule has 1 unspecified atom stereocenters. The van der Waals surface area contributed by atoms with Crippen LogP contribution >= 0.6 is 27.3 Å². The average Bonchev–Trinajstić information content (AvgIpc) is 3.11. The van der Waals surface area contributed by atoms with E-state index in [-0.39, 0.29) is 23.8 Å². The summed E-state index contributed by atoms with van der Waals surface area (Å²) in [5.41, 5.74) is 0.520. The van der Waals surface area contributed by atoms with E-state index in [1.807, 2.05) is 17.5 Å². The molecule has 1 N–H and O–H groups in total. The van der Waals surface area contributed by atoms with Gasteiger partial charge in [0.1, 0.15) is 12.4 Å². The molecule has 0 radical (unpaired) electrons. The Morgan fingerprint density at radius 3 is 2.64 bits per heavy atom. The van der Waals surface area contributed by atoms with Gasteiger partial charge in [-0.15, -0.1) is 11.3 Å². The molecule has 0 saturated carbocycles. The van der Waals surface area contributed by atoms with Crippen molar-refractivity contribution in [1.82, 2.24) is 9.88 Å². The molecule has 0 aliphatic carbocycles. The maximum absolute atomic E-state index is 13.2. The number of nitrogens with zero attached hydrogens (tertiary/aromatic N) is 1. The quantitative estimate of drug-likeness (QED) is 0.683. The van der Waals surface area contributed by atoms with Crippen molar-refractivity contribution in [3.63, 3.8) is 0 Å². The van der Waals surface area contributed by atoms with Crippen molar-refractivity contribution >= 4 is 33.2 Å². The summed E-state index contributed by atoms with van der Waals surface area (Å²) in [7, 11) is 0. The molecule has 0 saturated heterocycles. The summed E-state index contributed by atoms with van der Waals surface area (Å²) in [5, 5.41) is 4.84. The van der Waals surface area contributed by atoms with Crippen LogP contribution in [-0.4, -0.2) is 10.5 Å². The number of amides is 1. The van der Waals surface area contributed by atoms with Gasteiger partial charge in [0.15, 0.2) is 0 Å². The van der Waals surface area contributed by atoms with E-state index in [0.717, 1.165) is 10.4 Å². The zero-order valence-electron chi connectivity index (χ0n) is 13.0. The smallest absolute Gasteiger partial charge is 0.251 e. The van der Waals surface area contributed by atoms with Crippen molar-refractivity contribution in [3.05, 3.63) is 91.2 Å². The number of hydrogen-bond acceptors (Lipinski definition) is 3. The third-order valence-corrected chi connectivity index (χ3v) is 5.00. The van der Waals surface area contributed by atoms with E-state index in [0.29, 0.717) is 4.47 Å². The SMILES string of the molecule is O=C(Cn1cc(Br)ccc1=O)NC(c1ccc(F)cc1)c1cccs1. The Labute approximate surface area is 156 Å². The molecule has 0 spiro atoms. The van der Waals surface area contributed by atoms with Crippen LogP contribution in [-0.2, 0) is 11.3 Å². The van der Waals surface area contributed by atoms with Gasteiger partial charge in [0.25, 0.3) is 5.56 Å². The molecule has 3 aromatic rings. The van der Waals surface area contributed by atoms with Gasteiger partial charge in [0, 0.05) is 21.6 Å². The molecular weight excluding hydrogens is 407 g/mol. The molecule has 0 fully saturated rings. The molecule has 1 amide bonds. The number of halogens is 2. The van der Waals surface area contributed by atoms with Gasteiger partial charge >= 0.3 is 0 Å². The summed E-state index contributed by atoms with van der Waals surface area (Å²) < 4.78 is 15.2. The Morgan fingerprint density at radius 1 is 1.20 bits per heavy atom. The lowest BCUT2D eigenvalue weighted by Gasteiger charge is -2.18. The number of hydrogen-bond donors (Lipinski definition) is 1. The third-order valence-electron chi connectivity index (χ3n) is 3.60. The second-order valence-corrected chi connectivity index (χ2v) is 7.28. The van der Waals surface area contributed by atoms with Crippen molar-refractivity contribution in [2.45, 2.75) is 12.6 Å². The molecule has 0 aliphatic heterocycles. The van der Waals surface area contributed by atoms with E-state index in [9.17, 15) is 14.0 Å². The highest BCUT2D eigenvalue weighted by Gasteiger charge is 2.18. The van der Waals surface area contributed by atoms with Crippen LogP contribution in [0.5, 0.6) is 0 Å². The van der Waals surface area contributed by atoms with Crippen molar-refractivity contribution < 1.29 is 9.18 Å². The van der Waals surface area contributed by atoms with Crippen molar-refractivity contribution in [2.24, 2.45) is 0 Å². The average molecular weight is 421 g/mol. The van der Waals surface area contributed by atoms with Gasteiger partial charge in [-0.05, 0) is 51.1 Å². The number of rotatable bonds is 5. The lowest BCUT2D eigenvalue weighted by atomic mass is 10.1. The van der Waals surface area contributed by atoms with Crippen LogP contribution < -0.4 is 10.9 Å². The summed E-state index contributed by atoms with van der Waals surface area (Å²) in [6, 6.07) is 12.4. The highest BCUT2D eigenvalue weighted by Crippen LogP contribution is 2.26. The fourth-order valence-corrected chi connectivity index (χ4v) is 3.60. The fourth-order valence-electron chi connectivity index (χ4n) is 2.42. The van der Waals surface area contributed by atoms with E-state index in [2.05, 4.69) is 21.2 Å². The maximum Gasteiger partial charge on any atom is 0.251 e. The molecule has 7 heteroatoms. The van der Waals surface area contributed by atoms with E-state index >= 15 is 0 Å². The molecule has 2 aromatic heterocycles. The Hall–Kier alpha value is -2.25. The second-order valence-electron chi connectivity index (χ2n) is 5.38. The lowest BCUT2D eigenvalue weighted by Crippen LogP contribution is -2.34. The van der Waals surface area contributed by atoms with Crippen LogP contribution in [0, 0.1) is 5.82 Å². The first-order valence-corrected chi connectivity index (χ1v) is 9.14. The standard InChI is InChI=1S/C18H14BrFN2O2S/c19-13-5-8-17(24)22(10-13)11-16(23)21-18(15-2-1-9-25-15)12-3-6-14(20)7-4-12/h1-10,18H,11H2,(H,21,23). The zero-order chi connectivity index (χ0) is 17.8. The van der Waals surface area contributed by atoms with E-state index in [4.69, 9.17) is 0 Å². The predicted octanol–water partition coefficient (Wildman–Crippen LogP) is 3.72. The maximum atomic E-state index is 13.2. The number of aromatic nitrogens is 1. The summed E-state index contributed by atoms with van der Waals surface area (Å²) in [6.07, 6.45) is 1.57. The predicted molar refractivity (Wildman–Crippen MR) is 99.1 cm³/mol. The molecule has 1 atom stereocenters. The Bertz CT molecular complexity index is 923. The normalized spacial score (nSPS) is 11.9. The number of carbonyl (C=O) groups is 1. The number of carbonyl (C=O) groups excluding carboxylic acids is 1. The first kappa shape index (κ1) is 17.6. The van der Waals surface area contributed by atoms with Crippen LogP contribution in [0.25, 0.3) is 0 Å². The van der Waals surface area contributed by atoms with E-state index < -0.39 is 6.04 Å². The molecule has 2 heterocycles. The first-order chi connectivity index (χ1) is 12.0.